The van der Waals surface area contributed by atoms with Gasteiger partial charge in [-0.05, 0) is 59.2 Å². The third-order valence-corrected chi connectivity index (χ3v) is 2.72. The van der Waals surface area contributed by atoms with E-state index in [0.29, 0.717) is 12.2 Å². The molecule has 0 aliphatic heterocycles. The van der Waals surface area contributed by atoms with E-state index in [9.17, 15) is 4.79 Å². The monoisotopic (exact) mass is 278 g/mol. The summed E-state index contributed by atoms with van der Waals surface area (Å²) in [5.41, 5.74) is 6.64. The van der Waals surface area contributed by atoms with Crippen LogP contribution >= 0.6 is 0 Å². The Bertz CT molecular complexity index is 470. The summed E-state index contributed by atoms with van der Waals surface area (Å²) in [6.45, 7) is 12.0. The Labute approximate surface area is 121 Å². The second-order valence-electron chi connectivity index (χ2n) is 6.98. The summed E-state index contributed by atoms with van der Waals surface area (Å²) in [5, 5.41) is 0. The normalized spacial score (nSPS) is 12.1. The van der Waals surface area contributed by atoms with Gasteiger partial charge in [-0.25, -0.2) is 4.79 Å². The van der Waals surface area contributed by atoms with E-state index in [1.165, 1.54) is 0 Å². The summed E-state index contributed by atoms with van der Waals surface area (Å²) in [7, 11) is 0. The SMILES string of the molecule is CC(C)(C)OC(=O)N(Cc1cccc(N)c1)C(C)(C)C. The van der Waals surface area contributed by atoms with Crippen LogP contribution in [0.3, 0.4) is 0 Å². The highest BCUT2D eigenvalue weighted by molar-refractivity contribution is 5.69. The van der Waals surface area contributed by atoms with Crippen molar-refractivity contribution in [2.75, 3.05) is 5.73 Å². The van der Waals surface area contributed by atoms with Gasteiger partial charge in [0, 0.05) is 17.8 Å². The Morgan fingerprint density at radius 3 is 2.25 bits per heavy atom. The van der Waals surface area contributed by atoms with E-state index in [4.69, 9.17) is 10.5 Å². The number of carbonyl (C=O) groups excluding carboxylic acids is 1. The van der Waals surface area contributed by atoms with Crippen LogP contribution < -0.4 is 5.73 Å². The zero-order valence-electron chi connectivity index (χ0n) is 13.4. The van der Waals surface area contributed by atoms with Gasteiger partial charge in [0.1, 0.15) is 5.60 Å². The number of amides is 1. The molecular formula is C16H26N2O2. The lowest BCUT2D eigenvalue weighted by Crippen LogP contribution is -2.47. The molecule has 0 atom stereocenters. The predicted octanol–water partition coefficient (Wildman–Crippen LogP) is 3.80. The van der Waals surface area contributed by atoms with Crippen LogP contribution in [0.15, 0.2) is 24.3 Å². The minimum absolute atomic E-state index is 0.313. The first-order valence-electron chi connectivity index (χ1n) is 6.84. The lowest BCUT2D eigenvalue weighted by Gasteiger charge is -2.37. The second kappa shape index (κ2) is 5.73. The minimum atomic E-state index is -0.504. The molecule has 0 saturated carbocycles. The van der Waals surface area contributed by atoms with Gasteiger partial charge in [-0.1, -0.05) is 12.1 Å². The zero-order chi connectivity index (χ0) is 15.6. The molecule has 1 rings (SSSR count). The van der Waals surface area contributed by atoms with Crippen LogP contribution in [-0.4, -0.2) is 22.1 Å². The number of benzene rings is 1. The van der Waals surface area contributed by atoms with Gasteiger partial charge in [-0.2, -0.15) is 0 Å². The summed E-state index contributed by atoms with van der Waals surface area (Å²) in [6, 6.07) is 7.56. The fraction of sp³-hybridized carbons (Fsp3) is 0.562. The van der Waals surface area contributed by atoms with E-state index in [1.54, 1.807) is 4.90 Å². The molecule has 20 heavy (non-hydrogen) atoms. The van der Waals surface area contributed by atoms with Crippen LogP contribution in [0.4, 0.5) is 10.5 Å². The Morgan fingerprint density at radius 1 is 1.20 bits per heavy atom. The molecular weight excluding hydrogens is 252 g/mol. The number of hydrogen-bond acceptors (Lipinski definition) is 3. The van der Waals surface area contributed by atoms with Crippen LogP contribution in [0.2, 0.25) is 0 Å². The van der Waals surface area contributed by atoms with Crippen molar-refractivity contribution in [3.05, 3.63) is 29.8 Å². The molecule has 0 aliphatic carbocycles. The van der Waals surface area contributed by atoms with E-state index < -0.39 is 5.60 Å². The average Bonchev–Trinajstić information content (AvgIpc) is 2.21. The van der Waals surface area contributed by atoms with E-state index >= 15 is 0 Å². The molecule has 1 aromatic carbocycles. The first kappa shape index (κ1) is 16.3. The summed E-state index contributed by atoms with van der Waals surface area (Å²) in [5.74, 6) is 0. The Morgan fingerprint density at radius 2 is 1.80 bits per heavy atom. The highest BCUT2D eigenvalue weighted by Gasteiger charge is 2.30. The first-order chi connectivity index (χ1) is 8.99. The maximum atomic E-state index is 12.4. The van der Waals surface area contributed by atoms with Gasteiger partial charge < -0.3 is 10.5 Å². The molecule has 112 valence electrons. The topological polar surface area (TPSA) is 55.6 Å². The van der Waals surface area contributed by atoms with E-state index in [2.05, 4.69) is 0 Å². The maximum absolute atomic E-state index is 12.4. The van der Waals surface area contributed by atoms with Crippen molar-refractivity contribution in [2.45, 2.75) is 59.2 Å². The lowest BCUT2D eigenvalue weighted by atomic mass is 10.0. The third-order valence-electron chi connectivity index (χ3n) is 2.72. The van der Waals surface area contributed by atoms with E-state index in [1.807, 2.05) is 65.8 Å². The quantitative estimate of drug-likeness (QED) is 0.837. The van der Waals surface area contributed by atoms with Crippen LogP contribution in [0.25, 0.3) is 0 Å². The molecule has 1 aromatic rings. The minimum Gasteiger partial charge on any atom is -0.444 e. The number of hydrogen-bond donors (Lipinski definition) is 1. The predicted molar refractivity (Wildman–Crippen MR) is 82.4 cm³/mol. The van der Waals surface area contributed by atoms with Crippen molar-refractivity contribution in [2.24, 2.45) is 0 Å². The number of nitrogens with zero attached hydrogens (tertiary/aromatic N) is 1. The molecule has 0 saturated heterocycles. The summed E-state index contributed by atoms with van der Waals surface area (Å²) in [4.78, 5) is 14.1. The van der Waals surface area contributed by atoms with Crippen molar-refractivity contribution >= 4 is 11.8 Å². The number of carbonyl (C=O) groups is 1. The summed E-state index contributed by atoms with van der Waals surface area (Å²) >= 11 is 0. The fourth-order valence-electron chi connectivity index (χ4n) is 1.77. The van der Waals surface area contributed by atoms with Gasteiger partial charge >= 0.3 is 6.09 Å². The average molecular weight is 278 g/mol. The van der Waals surface area contributed by atoms with Crippen LogP contribution in [0.1, 0.15) is 47.1 Å². The fourth-order valence-corrected chi connectivity index (χ4v) is 1.77. The van der Waals surface area contributed by atoms with Gasteiger partial charge in [0.25, 0.3) is 0 Å². The number of anilines is 1. The second-order valence-corrected chi connectivity index (χ2v) is 6.98. The highest BCUT2D eigenvalue weighted by Crippen LogP contribution is 2.22. The summed E-state index contributed by atoms with van der Waals surface area (Å²) < 4.78 is 5.48. The highest BCUT2D eigenvalue weighted by atomic mass is 16.6. The van der Waals surface area contributed by atoms with Gasteiger partial charge in [0.2, 0.25) is 0 Å². The van der Waals surface area contributed by atoms with Gasteiger partial charge in [0.15, 0.2) is 0 Å². The van der Waals surface area contributed by atoms with Crippen molar-refractivity contribution in [1.82, 2.24) is 4.90 Å². The molecule has 0 spiro atoms. The van der Waals surface area contributed by atoms with Crippen molar-refractivity contribution in [1.29, 1.82) is 0 Å². The zero-order valence-corrected chi connectivity index (χ0v) is 13.4. The largest absolute Gasteiger partial charge is 0.444 e. The lowest BCUT2D eigenvalue weighted by molar-refractivity contribution is 0.00372. The van der Waals surface area contributed by atoms with Gasteiger partial charge in [-0.15, -0.1) is 0 Å². The van der Waals surface area contributed by atoms with Gasteiger partial charge in [0.05, 0.1) is 0 Å². The summed E-state index contributed by atoms with van der Waals surface area (Å²) in [6.07, 6.45) is -0.313. The molecule has 0 heterocycles. The van der Waals surface area contributed by atoms with Crippen LogP contribution in [0, 0.1) is 0 Å². The Balaban J connectivity index is 2.94. The molecule has 0 aliphatic rings. The standard InChI is InChI=1S/C16H26N2O2/c1-15(2,3)18(14(19)20-16(4,5)6)11-12-8-7-9-13(17)10-12/h7-10H,11,17H2,1-6H3. The first-order valence-corrected chi connectivity index (χ1v) is 6.84. The number of ether oxygens (including phenoxy) is 1. The Hall–Kier alpha value is -1.71. The molecule has 0 bridgehead atoms. The van der Waals surface area contributed by atoms with Crippen molar-refractivity contribution < 1.29 is 9.53 Å². The molecule has 2 N–H and O–H groups in total. The molecule has 4 nitrogen and oxygen atoms in total. The molecule has 4 heteroatoms. The molecule has 0 radical (unpaired) electrons. The maximum Gasteiger partial charge on any atom is 0.411 e. The van der Waals surface area contributed by atoms with Gasteiger partial charge in [-0.3, -0.25) is 4.90 Å². The molecule has 0 unspecified atom stereocenters. The number of nitrogen functional groups attached to an aromatic ring is 1. The van der Waals surface area contributed by atoms with Crippen molar-refractivity contribution in [3.63, 3.8) is 0 Å². The van der Waals surface area contributed by atoms with Crippen LogP contribution in [-0.2, 0) is 11.3 Å². The number of rotatable bonds is 2. The molecule has 0 fully saturated rings. The molecule has 0 aromatic heterocycles. The molecule has 1 amide bonds. The number of nitrogens with two attached hydrogens (primary N) is 1. The van der Waals surface area contributed by atoms with E-state index in [0.717, 1.165) is 5.56 Å². The third kappa shape index (κ3) is 5.11. The van der Waals surface area contributed by atoms with Crippen LogP contribution in [0.5, 0.6) is 0 Å². The van der Waals surface area contributed by atoms with E-state index in [-0.39, 0.29) is 11.6 Å². The Kier molecular flexibility index (Phi) is 4.69. The smallest absolute Gasteiger partial charge is 0.411 e. The van der Waals surface area contributed by atoms with Crippen molar-refractivity contribution in [3.8, 4) is 0 Å².